The second-order valence-corrected chi connectivity index (χ2v) is 4.26. The van der Waals surface area contributed by atoms with Crippen LogP contribution in [-0.4, -0.2) is 26.4 Å². The van der Waals surface area contributed by atoms with E-state index in [1.54, 1.807) is 13.2 Å². The summed E-state index contributed by atoms with van der Waals surface area (Å²) in [7, 11) is 1.63. The number of hydrogen-bond acceptors (Lipinski definition) is 4. The van der Waals surface area contributed by atoms with Crippen molar-refractivity contribution in [1.29, 1.82) is 0 Å². The van der Waals surface area contributed by atoms with Crippen LogP contribution >= 0.6 is 0 Å². The molecular weight excluding hydrogens is 218 g/mol. The first-order chi connectivity index (χ1) is 8.28. The van der Waals surface area contributed by atoms with Crippen LogP contribution in [0.3, 0.4) is 0 Å². The second-order valence-electron chi connectivity index (χ2n) is 4.26. The predicted molar refractivity (Wildman–Crippen MR) is 66.0 cm³/mol. The van der Waals surface area contributed by atoms with Crippen LogP contribution in [0.5, 0.6) is 5.75 Å². The highest BCUT2D eigenvalue weighted by molar-refractivity contribution is 5.47. The monoisotopic (exact) mass is 237 g/mol. The summed E-state index contributed by atoms with van der Waals surface area (Å²) in [5.41, 5.74) is 7.49. The van der Waals surface area contributed by atoms with Crippen molar-refractivity contribution in [3.05, 3.63) is 23.8 Å². The summed E-state index contributed by atoms with van der Waals surface area (Å²) in [4.78, 5) is 0. The minimum Gasteiger partial charge on any atom is -0.497 e. The van der Waals surface area contributed by atoms with E-state index in [4.69, 9.17) is 19.9 Å². The van der Waals surface area contributed by atoms with Gasteiger partial charge < -0.3 is 19.9 Å². The van der Waals surface area contributed by atoms with Gasteiger partial charge in [-0.3, -0.25) is 0 Å². The average Bonchev–Trinajstić information content (AvgIpc) is 2.81. The van der Waals surface area contributed by atoms with Gasteiger partial charge in [-0.15, -0.1) is 0 Å². The number of methoxy groups -OCH3 is 1. The van der Waals surface area contributed by atoms with Crippen LogP contribution in [0, 0.1) is 0 Å². The van der Waals surface area contributed by atoms with Crippen molar-refractivity contribution in [1.82, 2.24) is 0 Å². The lowest BCUT2D eigenvalue weighted by Crippen LogP contribution is -2.13. The molecule has 2 rings (SSSR count). The first-order valence-corrected chi connectivity index (χ1v) is 5.90. The molecule has 0 aromatic heterocycles. The summed E-state index contributed by atoms with van der Waals surface area (Å²) in [5.74, 6) is 0.765. The Kier molecular flexibility index (Phi) is 4.23. The Balaban J connectivity index is 1.83. The van der Waals surface area contributed by atoms with Crippen molar-refractivity contribution in [2.75, 3.05) is 26.1 Å². The van der Waals surface area contributed by atoms with Crippen LogP contribution in [0.1, 0.15) is 18.4 Å². The van der Waals surface area contributed by atoms with Crippen LogP contribution in [0.25, 0.3) is 0 Å². The lowest BCUT2D eigenvalue weighted by molar-refractivity contribution is 0.0106. The van der Waals surface area contributed by atoms with Gasteiger partial charge >= 0.3 is 0 Å². The topological polar surface area (TPSA) is 53.7 Å². The molecule has 94 valence electrons. The lowest BCUT2D eigenvalue weighted by atomic mass is 10.2. The third kappa shape index (κ3) is 3.61. The molecule has 1 saturated heterocycles. The molecule has 4 nitrogen and oxygen atoms in total. The minimum absolute atomic E-state index is 0.262. The molecule has 0 saturated carbocycles. The van der Waals surface area contributed by atoms with Crippen molar-refractivity contribution in [2.45, 2.75) is 25.6 Å². The zero-order valence-electron chi connectivity index (χ0n) is 10.1. The fourth-order valence-electron chi connectivity index (χ4n) is 1.97. The van der Waals surface area contributed by atoms with E-state index in [9.17, 15) is 0 Å². The van der Waals surface area contributed by atoms with Gasteiger partial charge in [-0.25, -0.2) is 0 Å². The first-order valence-electron chi connectivity index (χ1n) is 5.90. The normalized spacial score (nSPS) is 19.5. The van der Waals surface area contributed by atoms with E-state index in [-0.39, 0.29) is 6.10 Å². The standard InChI is InChI=1S/C13H19NO3/c1-15-13-6-10(5-11(14)7-13)8-16-9-12-3-2-4-17-12/h5-7,12H,2-4,8-9,14H2,1H3. The van der Waals surface area contributed by atoms with Crippen LogP contribution < -0.4 is 10.5 Å². The van der Waals surface area contributed by atoms with Crippen LogP contribution in [0.4, 0.5) is 5.69 Å². The quantitative estimate of drug-likeness (QED) is 0.795. The molecular formula is C13H19NO3. The van der Waals surface area contributed by atoms with E-state index in [0.717, 1.165) is 30.8 Å². The Morgan fingerprint density at radius 3 is 3.00 bits per heavy atom. The summed E-state index contributed by atoms with van der Waals surface area (Å²) >= 11 is 0. The van der Waals surface area contributed by atoms with Gasteiger partial charge in [0, 0.05) is 18.4 Å². The smallest absolute Gasteiger partial charge is 0.121 e. The fraction of sp³-hybridized carbons (Fsp3) is 0.538. The molecule has 1 unspecified atom stereocenters. The number of rotatable bonds is 5. The van der Waals surface area contributed by atoms with Gasteiger partial charge in [-0.2, -0.15) is 0 Å². The van der Waals surface area contributed by atoms with E-state index >= 15 is 0 Å². The first kappa shape index (κ1) is 12.2. The van der Waals surface area contributed by atoms with Gasteiger partial charge in [0.25, 0.3) is 0 Å². The fourth-order valence-corrected chi connectivity index (χ4v) is 1.97. The average molecular weight is 237 g/mol. The molecule has 17 heavy (non-hydrogen) atoms. The number of anilines is 1. The molecule has 1 atom stereocenters. The van der Waals surface area contributed by atoms with Gasteiger partial charge in [0.1, 0.15) is 5.75 Å². The molecule has 1 heterocycles. The van der Waals surface area contributed by atoms with Gasteiger partial charge in [0.15, 0.2) is 0 Å². The Morgan fingerprint density at radius 2 is 2.29 bits per heavy atom. The highest BCUT2D eigenvalue weighted by Gasteiger charge is 2.15. The molecule has 1 fully saturated rings. The molecule has 1 aromatic carbocycles. The number of nitrogens with two attached hydrogens (primary N) is 1. The number of hydrogen-bond donors (Lipinski definition) is 1. The molecule has 0 aliphatic carbocycles. The van der Waals surface area contributed by atoms with Gasteiger partial charge in [0.2, 0.25) is 0 Å². The molecule has 1 aliphatic rings. The zero-order chi connectivity index (χ0) is 12.1. The summed E-state index contributed by atoms with van der Waals surface area (Å²) in [6.07, 6.45) is 2.50. The Morgan fingerprint density at radius 1 is 1.41 bits per heavy atom. The summed E-state index contributed by atoms with van der Waals surface area (Å²) in [5, 5.41) is 0. The molecule has 1 aromatic rings. The maximum atomic E-state index is 5.77. The van der Waals surface area contributed by atoms with E-state index in [0.29, 0.717) is 18.9 Å². The zero-order valence-corrected chi connectivity index (χ0v) is 10.1. The van der Waals surface area contributed by atoms with Gasteiger partial charge in [0.05, 0.1) is 26.4 Å². The predicted octanol–water partition coefficient (Wildman–Crippen LogP) is 1.97. The maximum Gasteiger partial charge on any atom is 0.121 e. The molecule has 0 spiro atoms. The van der Waals surface area contributed by atoms with Crippen molar-refractivity contribution < 1.29 is 14.2 Å². The molecule has 4 heteroatoms. The summed E-state index contributed by atoms with van der Waals surface area (Å²) in [6, 6.07) is 5.63. The third-order valence-corrected chi connectivity index (χ3v) is 2.82. The molecule has 2 N–H and O–H groups in total. The SMILES string of the molecule is COc1cc(N)cc(COCC2CCCO2)c1. The van der Waals surface area contributed by atoms with Crippen LogP contribution in [-0.2, 0) is 16.1 Å². The summed E-state index contributed by atoms with van der Waals surface area (Å²) < 4.78 is 16.3. The molecule has 0 bridgehead atoms. The van der Waals surface area contributed by atoms with Crippen molar-refractivity contribution in [3.63, 3.8) is 0 Å². The van der Waals surface area contributed by atoms with Crippen molar-refractivity contribution >= 4 is 5.69 Å². The number of benzene rings is 1. The van der Waals surface area contributed by atoms with Crippen LogP contribution in [0.2, 0.25) is 0 Å². The highest BCUT2D eigenvalue weighted by atomic mass is 16.5. The van der Waals surface area contributed by atoms with Gasteiger partial charge in [-0.1, -0.05) is 0 Å². The minimum atomic E-state index is 0.262. The largest absolute Gasteiger partial charge is 0.497 e. The van der Waals surface area contributed by atoms with E-state index in [1.165, 1.54) is 0 Å². The van der Waals surface area contributed by atoms with Crippen LogP contribution in [0.15, 0.2) is 18.2 Å². The molecule has 1 aliphatic heterocycles. The van der Waals surface area contributed by atoms with E-state index in [2.05, 4.69) is 0 Å². The third-order valence-electron chi connectivity index (χ3n) is 2.82. The Hall–Kier alpha value is -1.26. The highest BCUT2D eigenvalue weighted by Crippen LogP contribution is 2.19. The number of ether oxygens (including phenoxy) is 3. The van der Waals surface area contributed by atoms with Gasteiger partial charge in [-0.05, 0) is 30.5 Å². The van der Waals surface area contributed by atoms with E-state index in [1.807, 2.05) is 12.1 Å². The molecule has 0 amide bonds. The summed E-state index contributed by atoms with van der Waals surface area (Å²) in [6.45, 7) is 2.05. The Labute approximate surface area is 102 Å². The Bertz CT molecular complexity index is 362. The number of nitrogen functional groups attached to an aromatic ring is 1. The second kappa shape index (κ2) is 5.89. The van der Waals surface area contributed by atoms with Crippen molar-refractivity contribution in [2.24, 2.45) is 0 Å². The lowest BCUT2D eigenvalue weighted by Gasteiger charge is -2.11. The maximum absolute atomic E-state index is 5.77. The van der Waals surface area contributed by atoms with Crippen molar-refractivity contribution in [3.8, 4) is 5.75 Å². The molecule has 0 radical (unpaired) electrons. The van der Waals surface area contributed by atoms with E-state index < -0.39 is 0 Å².